The number of hydrogen-bond donors (Lipinski definition) is 0. The molecule has 8 nitrogen and oxygen atoms in total. The Balaban J connectivity index is 1.09. The van der Waals surface area contributed by atoms with Crippen molar-refractivity contribution in [3.05, 3.63) is 137 Å². The summed E-state index contributed by atoms with van der Waals surface area (Å²) in [6.07, 6.45) is 4.26. The number of amides is 4. The minimum atomic E-state index is -0.578. The Morgan fingerprint density at radius 1 is 0.509 bits per heavy atom. The van der Waals surface area contributed by atoms with Gasteiger partial charge < -0.3 is 9.47 Å². The van der Waals surface area contributed by atoms with Gasteiger partial charge in [0.25, 0.3) is 23.6 Å². The predicted octanol–water partition coefficient (Wildman–Crippen LogP) is 11.4. The highest BCUT2D eigenvalue weighted by Gasteiger charge is 2.45. The highest BCUT2D eigenvalue weighted by atomic mass is 16.5. The molecular weight excluding hydrogens is 689 g/mol. The average molecular weight is 735 g/mol. The molecule has 0 aromatic heterocycles. The Labute approximate surface area is 322 Å². The molecule has 2 aliphatic heterocycles. The number of rotatable bonds is 13. The van der Waals surface area contributed by atoms with E-state index in [-0.39, 0.29) is 28.4 Å². The van der Waals surface area contributed by atoms with Crippen molar-refractivity contribution in [2.75, 3.05) is 4.90 Å². The van der Waals surface area contributed by atoms with Crippen LogP contribution in [0.15, 0.2) is 109 Å². The third-order valence-electron chi connectivity index (χ3n) is 11.6. The highest BCUT2D eigenvalue weighted by molar-refractivity contribution is 6.34. The van der Waals surface area contributed by atoms with Crippen molar-refractivity contribution in [2.45, 2.75) is 84.6 Å². The fourth-order valence-corrected chi connectivity index (χ4v) is 7.70. The first kappa shape index (κ1) is 37.3. The molecule has 0 fully saturated rings. The minimum Gasteiger partial charge on any atom is -0.457 e. The van der Waals surface area contributed by atoms with Gasteiger partial charge in [0.15, 0.2) is 0 Å². The van der Waals surface area contributed by atoms with E-state index in [2.05, 4.69) is 32.9 Å². The van der Waals surface area contributed by atoms with Gasteiger partial charge >= 0.3 is 0 Å². The van der Waals surface area contributed by atoms with Crippen LogP contribution in [-0.4, -0.2) is 34.1 Å². The Hall–Kier alpha value is -6.02. The lowest BCUT2D eigenvalue weighted by Gasteiger charge is -2.36. The lowest BCUT2D eigenvalue weighted by atomic mass is 9.78. The van der Waals surface area contributed by atoms with Crippen LogP contribution >= 0.6 is 0 Å². The molecule has 0 aliphatic carbocycles. The SMILES string of the molecule is CCCC(C)(CC)N1C(=O)c2ccc(-c3ccc4c(c3)C(=O)N(c3cccc(Oc5cccc(Oc6cccc(C(C)(CC)CC)c6)c5)c3)C4=O)cc2C1=O. The lowest BCUT2D eigenvalue weighted by molar-refractivity contribution is 0.0424. The molecule has 280 valence electrons. The predicted molar refractivity (Wildman–Crippen MR) is 215 cm³/mol. The van der Waals surface area contributed by atoms with Crippen molar-refractivity contribution in [1.82, 2.24) is 4.90 Å². The van der Waals surface area contributed by atoms with Gasteiger partial charge in [-0.15, -0.1) is 0 Å². The quantitative estimate of drug-likeness (QED) is 0.112. The number of ether oxygens (including phenoxy) is 2. The number of hydrogen-bond acceptors (Lipinski definition) is 6. The Bertz CT molecular complexity index is 2340. The smallest absolute Gasteiger partial charge is 0.266 e. The van der Waals surface area contributed by atoms with E-state index in [1.165, 1.54) is 10.5 Å². The minimum absolute atomic E-state index is 0.0668. The molecule has 5 aromatic carbocycles. The third-order valence-corrected chi connectivity index (χ3v) is 11.6. The van der Waals surface area contributed by atoms with Gasteiger partial charge in [0.05, 0.1) is 27.9 Å². The van der Waals surface area contributed by atoms with E-state index in [0.29, 0.717) is 58.0 Å². The summed E-state index contributed by atoms with van der Waals surface area (Å²) >= 11 is 0. The fraction of sp³-hybridized carbons (Fsp3) is 0.277. The van der Waals surface area contributed by atoms with Crippen LogP contribution in [0.5, 0.6) is 23.0 Å². The summed E-state index contributed by atoms with van der Waals surface area (Å²) in [5.41, 5.74) is 3.68. The van der Waals surface area contributed by atoms with E-state index >= 15 is 0 Å². The van der Waals surface area contributed by atoms with Crippen molar-refractivity contribution < 1.29 is 28.7 Å². The van der Waals surface area contributed by atoms with Crippen LogP contribution < -0.4 is 14.4 Å². The maximum absolute atomic E-state index is 13.9. The summed E-state index contributed by atoms with van der Waals surface area (Å²) in [5.74, 6) is 0.841. The van der Waals surface area contributed by atoms with Crippen LogP contribution in [0.1, 0.15) is 121 Å². The van der Waals surface area contributed by atoms with E-state index in [1.54, 1.807) is 66.7 Å². The number of anilines is 1. The average Bonchev–Trinajstić information content (AvgIpc) is 3.61. The van der Waals surface area contributed by atoms with Gasteiger partial charge in [-0.05, 0) is 115 Å². The van der Waals surface area contributed by atoms with Crippen molar-refractivity contribution in [3.8, 4) is 34.1 Å². The molecule has 2 aliphatic rings. The van der Waals surface area contributed by atoms with E-state index in [9.17, 15) is 19.2 Å². The summed E-state index contributed by atoms with van der Waals surface area (Å²) in [7, 11) is 0. The topological polar surface area (TPSA) is 93.2 Å². The molecule has 55 heavy (non-hydrogen) atoms. The second-order valence-electron chi connectivity index (χ2n) is 15.0. The maximum Gasteiger partial charge on any atom is 0.266 e. The number of imide groups is 2. The zero-order valence-corrected chi connectivity index (χ0v) is 32.3. The molecule has 7 rings (SSSR count). The van der Waals surface area contributed by atoms with Gasteiger partial charge in [-0.3, -0.25) is 24.1 Å². The number of benzene rings is 5. The molecule has 0 saturated carbocycles. The van der Waals surface area contributed by atoms with Crippen LogP contribution in [0.3, 0.4) is 0 Å². The van der Waals surface area contributed by atoms with Gasteiger partial charge in [-0.2, -0.15) is 0 Å². The summed E-state index contributed by atoms with van der Waals surface area (Å²) in [4.78, 5) is 57.1. The summed E-state index contributed by atoms with van der Waals surface area (Å²) < 4.78 is 12.5. The Kier molecular flexibility index (Phi) is 9.95. The maximum atomic E-state index is 13.9. The normalized spacial score (nSPS) is 14.9. The fourth-order valence-electron chi connectivity index (χ4n) is 7.70. The Morgan fingerprint density at radius 3 is 1.58 bits per heavy atom. The van der Waals surface area contributed by atoms with E-state index in [0.717, 1.165) is 29.9 Å². The molecule has 0 spiro atoms. The molecule has 4 amide bonds. The van der Waals surface area contributed by atoms with Gasteiger partial charge in [0.1, 0.15) is 23.0 Å². The monoisotopic (exact) mass is 734 g/mol. The zero-order chi connectivity index (χ0) is 39.1. The van der Waals surface area contributed by atoms with Crippen molar-refractivity contribution in [3.63, 3.8) is 0 Å². The standard InChI is InChI=1S/C47H46N2O6/c1-7-24-47(6,10-4)49-44(52)39-23-21-31(26-41(39)45(49)53)30-20-22-38-40(25-30)43(51)48(42(38)50)33-15-12-17-35(28-33)55-37-19-13-18-36(29-37)54-34-16-11-14-32(27-34)46(5,8-2)9-3/h11-23,25-29H,7-10,24H2,1-6H3. The molecule has 5 aromatic rings. The number of carbonyl (C=O) groups is 4. The molecule has 1 atom stereocenters. The molecule has 8 heteroatoms. The van der Waals surface area contributed by atoms with Crippen LogP contribution in [-0.2, 0) is 5.41 Å². The number of fused-ring (bicyclic) bond motifs is 2. The van der Waals surface area contributed by atoms with E-state index < -0.39 is 17.4 Å². The number of carbonyl (C=O) groups excluding carboxylic acids is 4. The molecule has 0 radical (unpaired) electrons. The van der Waals surface area contributed by atoms with E-state index in [4.69, 9.17) is 9.47 Å². The highest BCUT2D eigenvalue weighted by Crippen LogP contribution is 2.39. The van der Waals surface area contributed by atoms with Crippen molar-refractivity contribution in [1.29, 1.82) is 0 Å². The second kappa shape index (κ2) is 14.7. The van der Waals surface area contributed by atoms with Crippen molar-refractivity contribution in [2.24, 2.45) is 0 Å². The first-order valence-electron chi connectivity index (χ1n) is 19.2. The summed E-state index contributed by atoms with van der Waals surface area (Å²) in [6.45, 7) is 12.7. The zero-order valence-electron chi connectivity index (χ0n) is 32.3. The van der Waals surface area contributed by atoms with Crippen LogP contribution in [0.2, 0.25) is 0 Å². The van der Waals surface area contributed by atoms with Gasteiger partial charge in [-0.25, -0.2) is 4.90 Å². The van der Waals surface area contributed by atoms with Crippen LogP contribution in [0.25, 0.3) is 11.1 Å². The first-order valence-corrected chi connectivity index (χ1v) is 19.2. The molecule has 2 heterocycles. The Morgan fingerprint density at radius 2 is 1.00 bits per heavy atom. The molecule has 1 unspecified atom stereocenters. The first-order chi connectivity index (χ1) is 26.4. The van der Waals surface area contributed by atoms with Gasteiger partial charge in [0.2, 0.25) is 0 Å². The second-order valence-corrected chi connectivity index (χ2v) is 15.0. The summed E-state index contributed by atoms with van der Waals surface area (Å²) in [6, 6.07) is 32.6. The molecular formula is C47H46N2O6. The van der Waals surface area contributed by atoms with Gasteiger partial charge in [0, 0.05) is 17.7 Å². The lowest BCUT2D eigenvalue weighted by Crippen LogP contribution is -2.49. The van der Waals surface area contributed by atoms with Gasteiger partial charge in [-0.1, -0.05) is 77.4 Å². The van der Waals surface area contributed by atoms with E-state index in [1.807, 2.05) is 51.1 Å². The molecule has 0 N–H and O–H groups in total. The largest absolute Gasteiger partial charge is 0.457 e. The molecule has 0 bridgehead atoms. The van der Waals surface area contributed by atoms with Crippen molar-refractivity contribution >= 4 is 29.3 Å². The molecule has 0 saturated heterocycles. The number of nitrogens with zero attached hydrogens (tertiary/aromatic N) is 2. The summed E-state index contributed by atoms with van der Waals surface area (Å²) in [5, 5.41) is 0. The van der Waals surface area contributed by atoms with Crippen LogP contribution in [0.4, 0.5) is 5.69 Å². The van der Waals surface area contributed by atoms with Crippen LogP contribution in [0, 0.1) is 0 Å². The third kappa shape index (κ3) is 6.71.